The number of carbonyl (C=O) groups is 1. The molecule has 0 saturated heterocycles. The van der Waals surface area contributed by atoms with E-state index in [1.807, 2.05) is 44.2 Å². The van der Waals surface area contributed by atoms with Crippen LogP contribution in [0.1, 0.15) is 21.1 Å². The fraction of sp³-hybridized carbons (Fsp3) is 0.118. The summed E-state index contributed by atoms with van der Waals surface area (Å²) in [6, 6.07) is 9.36. The number of nitrogens with zero attached hydrogens (tertiary/aromatic N) is 2. The van der Waals surface area contributed by atoms with E-state index in [2.05, 4.69) is 20.5 Å². The van der Waals surface area contributed by atoms with Crippen LogP contribution in [0, 0.1) is 13.8 Å². The molecule has 3 aromatic heterocycles. The van der Waals surface area contributed by atoms with Gasteiger partial charge in [0.1, 0.15) is 10.6 Å². The Morgan fingerprint density at radius 2 is 2.12 bits per heavy atom. The predicted octanol–water partition coefficient (Wildman–Crippen LogP) is 4.15. The van der Waals surface area contributed by atoms with Crippen LogP contribution in [-0.2, 0) is 0 Å². The van der Waals surface area contributed by atoms with Crippen molar-refractivity contribution >= 4 is 33.8 Å². The number of H-pyrrole nitrogens is 1. The molecule has 3 heterocycles. The van der Waals surface area contributed by atoms with Crippen LogP contribution >= 0.6 is 11.3 Å². The van der Waals surface area contributed by atoms with Crippen LogP contribution < -0.4 is 5.32 Å². The molecule has 0 radical (unpaired) electrons. The minimum absolute atomic E-state index is 0.182. The van der Waals surface area contributed by atoms with E-state index in [4.69, 9.17) is 4.42 Å². The van der Waals surface area contributed by atoms with Gasteiger partial charge in [-0.05, 0) is 44.2 Å². The van der Waals surface area contributed by atoms with Crippen LogP contribution in [-0.4, -0.2) is 21.1 Å². The van der Waals surface area contributed by atoms with Gasteiger partial charge in [0.25, 0.3) is 5.91 Å². The monoisotopic (exact) mass is 338 g/mol. The number of nitrogens with one attached hydrogen (secondary N) is 2. The van der Waals surface area contributed by atoms with E-state index in [1.165, 1.54) is 11.3 Å². The Balaban J connectivity index is 1.61. The summed E-state index contributed by atoms with van der Waals surface area (Å²) in [5.41, 5.74) is 2.27. The Morgan fingerprint density at radius 1 is 1.25 bits per heavy atom. The largest absolute Gasteiger partial charge is 0.459 e. The Bertz CT molecular complexity index is 1040. The average molecular weight is 338 g/mol. The zero-order valence-corrected chi connectivity index (χ0v) is 13.9. The Labute approximate surface area is 141 Å². The summed E-state index contributed by atoms with van der Waals surface area (Å²) in [5, 5.41) is 11.5. The lowest BCUT2D eigenvalue weighted by molar-refractivity contribution is 0.103. The molecule has 0 aliphatic rings. The molecule has 0 unspecified atom stereocenters. The highest BCUT2D eigenvalue weighted by Gasteiger charge is 2.18. The first kappa shape index (κ1) is 14.6. The van der Waals surface area contributed by atoms with E-state index in [-0.39, 0.29) is 5.91 Å². The fourth-order valence-corrected chi connectivity index (χ4v) is 3.39. The third kappa shape index (κ3) is 2.59. The van der Waals surface area contributed by atoms with Gasteiger partial charge < -0.3 is 9.73 Å². The minimum atomic E-state index is -0.182. The molecular formula is C17H14N4O2S. The first-order chi connectivity index (χ1) is 11.6. The van der Waals surface area contributed by atoms with Crippen molar-refractivity contribution in [2.75, 3.05) is 5.32 Å². The van der Waals surface area contributed by atoms with Gasteiger partial charge in [0.15, 0.2) is 10.8 Å². The molecule has 0 atom stereocenters. The number of carbonyl (C=O) groups excluding carboxylic acids is 1. The highest BCUT2D eigenvalue weighted by atomic mass is 32.1. The number of furan rings is 1. The molecule has 4 aromatic rings. The smallest absolute Gasteiger partial charge is 0.267 e. The van der Waals surface area contributed by atoms with E-state index in [0.29, 0.717) is 27.0 Å². The lowest BCUT2D eigenvalue weighted by atomic mass is 10.2. The number of aromatic amines is 1. The molecule has 6 nitrogen and oxygen atoms in total. The highest BCUT2D eigenvalue weighted by molar-refractivity contribution is 7.17. The summed E-state index contributed by atoms with van der Waals surface area (Å²) in [5.74, 6) is 1.31. The van der Waals surface area contributed by atoms with Crippen LogP contribution in [0.15, 0.2) is 40.9 Å². The third-order valence-corrected chi connectivity index (χ3v) is 4.82. The SMILES string of the molecule is Cc1ccc(-c2nc(C)c(C(=O)Nc3ccc4cn[nH]c4c3)s2)o1. The normalized spacial score (nSPS) is 11.1. The maximum absolute atomic E-state index is 12.6. The molecule has 1 aromatic carbocycles. The third-order valence-electron chi connectivity index (χ3n) is 3.65. The molecule has 24 heavy (non-hydrogen) atoms. The van der Waals surface area contributed by atoms with Crippen molar-refractivity contribution in [1.29, 1.82) is 0 Å². The maximum Gasteiger partial charge on any atom is 0.267 e. The molecule has 7 heteroatoms. The number of rotatable bonds is 3. The molecule has 0 bridgehead atoms. The summed E-state index contributed by atoms with van der Waals surface area (Å²) in [4.78, 5) is 17.6. The first-order valence-electron chi connectivity index (χ1n) is 7.39. The minimum Gasteiger partial charge on any atom is -0.459 e. The van der Waals surface area contributed by atoms with Crippen LogP contribution in [0.5, 0.6) is 0 Å². The van der Waals surface area contributed by atoms with Gasteiger partial charge in [-0.1, -0.05) is 0 Å². The van der Waals surface area contributed by atoms with Gasteiger partial charge in [0.05, 0.1) is 17.4 Å². The second-order valence-electron chi connectivity index (χ2n) is 5.47. The van der Waals surface area contributed by atoms with Crippen molar-refractivity contribution in [3.63, 3.8) is 0 Å². The highest BCUT2D eigenvalue weighted by Crippen LogP contribution is 2.30. The Morgan fingerprint density at radius 3 is 2.92 bits per heavy atom. The van der Waals surface area contributed by atoms with Crippen LogP contribution in [0.4, 0.5) is 5.69 Å². The second kappa shape index (κ2) is 5.61. The standard InChI is InChI=1S/C17H14N4O2S/c1-9-3-6-14(23-9)17-19-10(2)15(24-17)16(22)20-12-5-4-11-8-18-21-13(11)7-12/h3-8H,1-2H3,(H,18,21)(H,20,22). The zero-order chi connectivity index (χ0) is 16.7. The number of hydrogen-bond acceptors (Lipinski definition) is 5. The van der Waals surface area contributed by atoms with Gasteiger partial charge in [0.2, 0.25) is 0 Å². The summed E-state index contributed by atoms with van der Waals surface area (Å²) >= 11 is 1.32. The first-order valence-corrected chi connectivity index (χ1v) is 8.20. The second-order valence-corrected chi connectivity index (χ2v) is 6.47. The molecule has 0 aliphatic heterocycles. The number of fused-ring (bicyclic) bond motifs is 1. The topological polar surface area (TPSA) is 83.8 Å². The number of anilines is 1. The number of hydrogen-bond donors (Lipinski definition) is 2. The molecule has 0 aliphatic carbocycles. The van der Waals surface area contributed by atoms with E-state index in [1.54, 1.807) is 6.20 Å². The van der Waals surface area contributed by atoms with Gasteiger partial charge in [0, 0.05) is 11.1 Å². The van der Waals surface area contributed by atoms with Crippen molar-refractivity contribution in [1.82, 2.24) is 15.2 Å². The van der Waals surface area contributed by atoms with Crippen LogP contribution in [0.25, 0.3) is 21.7 Å². The van der Waals surface area contributed by atoms with E-state index < -0.39 is 0 Å². The summed E-state index contributed by atoms with van der Waals surface area (Å²) in [7, 11) is 0. The van der Waals surface area contributed by atoms with Crippen molar-refractivity contribution in [2.24, 2.45) is 0 Å². The summed E-state index contributed by atoms with van der Waals surface area (Å²) in [6.07, 6.45) is 1.74. The van der Waals surface area contributed by atoms with Crippen molar-refractivity contribution in [2.45, 2.75) is 13.8 Å². The van der Waals surface area contributed by atoms with E-state index in [0.717, 1.165) is 16.7 Å². The molecule has 0 saturated carbocycles. The maximum atomic E-state index is 12.6. The van der Waals surface area contributed by atoms with Crippen molar-refractivity contribution in [3.05, 3.63) is 52.9 Å². The Kier molecular flexibility index (Phi) is 3.42. The quantitative estimate of drug-likeness (QED) is 0.588. The molecule has 1 amide bonds. The Hall–Kier alpha value is -2.93. The number of thiazole rings is 1. The summed E-state index contributed by atoms with van der Waals surface area (Å²) < 4.78 is 5.58. The zero-order valence-electron chi connectivity index (χ0n) is 13.1. The molecule has 4 rings (SSSR count). The number of amides is 1. The van der Waals surface area contributed by atoms with Crippen LogP contribution in [0.2, 0.25) is 0 Å². The molecular weight excluding hydrogens is 324 g/mol. The number of benzene rings is 1. The van der Waals surface area contributed by atoms with Crippen molar-refractivity contribution < 1.29 is 9.21 Å². The predicted molar refractivity (Wildman–Crippen MR) is 93.3 cm³/mol. The van der Waals surface area contributed by atoms with E-state index >= 15 is 0 Å². The number of aromatic nitrogens is 3. The van der Waals surface area contributed by atoms with Gasteiger partial charge in [-0.2, -0.15) is 5.10 Å². The molecule has 0 spiro atoms. The van der Waals surface area contributed by atoms with Gasteiger partial charge in [-0.25, -0.2) is 4.98 Å². The van der Waals surface area contributed by atoms with E-state index in [9.17, 15) is 4.79 Å². The number of aryl methyl sites for hydroxylation is 2. The molecule has 2 N–H and O–H groups in total. The van der Waals surface area contributed by atoms with Crippen LogP contribution in [0.3, 0.4) is 0 Å². The molecule has 120 valence electrons. The average Bonchev–Trinajstić information content (AvgIpc) is 3.26. The summed E-state index contributed by atoms with van der Waals surface area (Å²) in [6.45, 7) is 3.70. The van der Waals surface area contributed by atoms with Gasteiger partial charge >= 0.3 is 0 Å². The lowest BCUT2D eigenvalue weighted by Crippen LogP contribution is -2.11. The lowest BCUT2D eigenvalue weighted by Gasteiger charge is -2.03. The molecule has 0 fully saturated rings. The van der Waals surface area contributed by atoms with Crippen molar-refractivity contribution in [3.8, 4) is 10.8 Å². The fourth-order valence-electron chi connectivity index (χ4n) is 2.46. The van der Waals surface area contributed by atoms with Gasteiger partial charge in [-0.15, -0.1) is 11.3 Å². The van der Waals surface area contributed by atoms with Gasteiger partial charge in [-0.3, -0.25) is 9.89 Å².